The van der Waals surface area contributed by atoms with Gasteiger partial charge in [0.2, 0.25) is 0 Å². The maximum atomic E-state index is 6.15. The second-order valence-electron chi connectivity index (χ2n) is 6.30. The van der Waals surface area contributed by atoms with Crippen LogP contribution in [0.4, 0.5) is 0 Å². The van der Waals surface area contributed by atoms with E-state index in [2.05, 4.69) is 36.5 Å². The average molecular weight is 346 g/mol. The maximum Gasteiger partial charge on any atom is 0.124 e. The van der Waals surface area contributed by atoms with Crippen LogP contribution in [0.15, 0.2) is 42.5 Å². The molecule has 1 N–H and O–H groups in total. The molecule has 24 heavy (non-hydrogen) atoms. The van der Waals surface area contributed by atoms with Crippen LogP contribution in [0, 0.1) is 6.92 Å². The highest BCUT2D eigenvalue weighted by Gasteiger charge is 2.15. The molecule has 2 aromatic rings. The molecular weight excluding hydrogens is 322 g/mol. The summed E-state index contributed by atoms with van der Waals surface area (Å²) in [5.74, 6) is 0.876. The summed E-state index contributed by atoms with van der Waals surface area (Å²) in [6, 6.07) is 14.2. The van der Waals surface area contributed by atoms with E-state index in [0.29, 0.717) is 12.7 Å². The molecule has 2 aromatic carbocycles. The van der Waals surface area contributed by atoms with Gasteiger partial charge in [-0.1, -0.05) is 41.4 Å². The van der Waals surface area contributed by atoms with Gasteiger partial charge in [0.1, 0.15) is 12.4 Å². The highest BCUT2D eigenvalue weighted by molar-refractivity contribution is 6.30. The minimum Gasteiger partial charge on any atom is -0.489 e. The molecule has 1 fully saturated rings. The van der Waals surface area contributed by atoms with Crippen LogP contribution in [-0.2, 0) is 17.9 Å². The molecule has 0 aliphatic carbocycles. The van der Waals surface area contributed by atoms with Gasteiger partial charge in [0, 0.05) is 30.3 Å². The minimum atomic E-state index is 0.334. The summed E-state index contributed by atoms with van der Waals surface area (Å²) in [5, 5.41) is 4.18. The van der Waals surface area contributed by atoms with Crippen LogP contribution in [-0.4, -0.2) is 19.3 Å². The molecule has 0 amide bonds. The molecule has 1 aliphatic heterocycles. The molecular formula is C20H24ClNO2. The molecule has 1 heterocycles. The predicted octanol–water partition coefficient (Wildman–Crippen LogP) is 4.50. The van der Waals surface area contributed by atoms with Crippen molar-refractivity contribution in [2.24, 2.45) is 0 Å². The smallest absolute Gasteiger partial charge is 0.124 e. The minimum absolute atomic E-state index is 0.334. The van der Waals surface area contributed by atoms with E-state index in [1.54, 1.807) is 0 Å². The van der Waals surface area contributed by atoms with Gasteiger partial charge in [0.15, 0.2) is 0 Å². The lowest BCUT2D eigenvalue weighted by Gasteiger charge is -2.15. The zero-order valence-corrected chi connectivity index (χ0v) is 14.8. The Morgan fingerprint density at radius 2 is 2.17 bits per heavy atom. The number of halogens is 1. The first kappa shape index (κ1) is 17.3. The van der Waals surface area contributed by atoms with Crippen LogP contribution in [0.1, 0.15) is 29.5 Å². The van der Waals surface area contributed by atoms with Crippen LogP contribution in [0.2, 0.25) is 5.02 Å². The molecule has 4 heteroatoms. The fourth-order valence-corrected chi connectivity index (χ4v) is 3.16. The number of rotatable bonds is 7. The number of hydrogen-bond acceptors (Lipinski definition) is 3. The van der Waals surface area contributed by atoms with Gasteiger partial charge in [-0.05, 0) is 43.5 Å². The SMILES string of the molecule is Cc1cccc(COc2ccc(Cl)cc2CNCC2CCCO2)c1. The molecule has 0 aromatic heterocycles. The van der Waals surface area contributed by atoms with Crippen LogP contribution in [0.5, 0.6) is 5.75 Å². The van der Waals surface area contributed by atoms with Crippen molar-refractivity contribution in [3.63, 3.8) is 0 Å². The van der Waals surface area contributed by atoms with E-state index in [4.69, 9.17) is 21.1 Å². The lowest BCUT2D eigenvalue weighted by Crippen LogP contribution is -2.26. The van der Waals surface area contributed by atoms with Crippen molar-refractivity contribution in [1.29, 1.82) is 0 Å². The Hall–Kier alpha value is -1.55. The first-order chi connectivity index (χ1) is 11.7. The fraction of sp³-hybridized carbons (Fsp3) is 0.400. The van der Waals surface area contributed by atoms with Gasteiger partial charge >= 0.3 is 0 Å². The maximum absolute atomic E-state index is 6.15. The highest BCUT2D eigenvalue weighted by Crippen LogP contribution is 2.24. The normalized spacial score (nSPS) is 17.2. The summed E-state index contributed by atoms with van der Waals surface area (Å²) in [6.45, 7) is 5.12. The topological polar surface area (TPSA) is 30.5 Å². The quantitative estimate of drug-likeness (QED) is 0.801. The van der Waals surface area contributed by atoms with Gasteiger partial charge in [-0.25, -0.2) is 0 Å². The summed E-state index contributed by atoms with van der Waals surface area (Å²) >= 11 is 6.15. The van der Waals surface area contributed by atoms with Crippen molar-refractivity contribution in [2.45, 2.75) is 39.0 Å². The summed E-state index contributed by atoms with van der Waals surface area (Å²) in [4.78, 5) is 0. The Kier molecular flexibility index (Phi) is 6.13. The third-order valence-electron chi connectivity index (χ3n) is 4.21. The second-order valence-corrected chi connectivity index (χ2v) is 6.73. The summed E-state index contributed by atoms with van der Waals surface area (Å²) in [7, 11) is 0. The van der Waals surface area contributed by atoms with E-state index in [1.807, 2.05) is 18.2 Å². The van der Waals surface area contributed by atoms with Gasteiger partial charge in [-0.2, -0.15) is 0 Å². The summed E-state index contributed by atoms with van der Waals surface area (Å²) in [5.41, 5.74) is 3.49. The van der Waals surface area contributed by atoms with Crippen molar-refractivity contribution in [2.75, 3.05) is 13.2 Å². The van der Waals surface area contributed by atoms with Crippen molar-refractivity contribution in [3.8, 4) is 5.75 Å². The predicted molar refractivity (Wildman–Crippen MR) is 97.6 cm³/mol. The highest BCUT2D eigenvalue weighted by atomic mass is 35.5. The molecule has 0 saturated carbocycles. The largest absolute Gasteiger partial charge is 0.489 e. The van der Waals surface area contributed by atoms with Crippen LogP contribution < -0.4 is 10.1 Å². The lowest BCUT2D eigenvalue weighted by molar-refractivity contribution is 0.110. The van der Waals surface area contributed by atoms with E-state index in [1.165, 1.54) is 11.1 Å². The monoisotopic (exact) mass is 345 g/mol. The zero-order chi connectivity index (χ0) is 16.8. The van der Waals surface area contributed by atoms with Crippen LogP contribution in [0.25, 0.3) is 0 Å². The molecule has 0 bridgehead atoms. The molecule has 1 aliphatic rings. The van der Waals surface area contributed by atoms with Gasteiger partial charge in [0.25, 0.3) is 0 Å². The Bertz CT molecular complexity index is 668. The van der Waals surface area contributed by atoms with Gasteiger partial charge < -0.3 is 14.8 Å². The standard InChI is InChI=1S/C20H24ClNO2/c1-15-4-2-5-16(10-15)14-24-20-8-7-18(21)11-17(20)12-22-13-19-6-3-9-23-19/h2,4-5,7-8,10-11,19,22H,3,6,9,12-14H2,1H3. The molecule has 128 valence electrons. The Labute approximate surface area is 148 Å². The third-order valence-corrected chi connectivity index (χ3v) is 4.45. The molecule has 3 rings (SSSR count). The average Bonchev–Trinajstić information content (AvgIpc) is 3.07. The molecule has 1 atom stereocenters. The fourth-order valence-electron chi connectivity index (χ4n) is 2.96. The van der Waals surface area contributed by atoms with Crippen molar-refractivity contribution in [1.82, 2.24) is 5.32 Å². The zero-order valence-electron chi connectivity index (χ0n) is 14.1. The molecule has 1 saturated heterocycles. The van der Waals surface area contributed by atoms with E-state index < -0.39 is 0 Å². The first-order valence-corrected chi connectivity index (χ1v) is 8.87. The third kappa shape index (κ3) is 4.97. The number of nitrogens with one attached hydrogen (secondary N) is 1. The van der Waals surface area contributed by atoms with Gasteiger partial charge in [-0.15, -0.1) is 0 Å². The molecule has 1 unspecified atom stereocenters. The van der Waals surface area contributed by atoms with Crippen LogP contribution in [0.3, 0.4) is 0 Å². The number of benzene rings is 2. The lowest BCUT2D eigenvalue weighted by atomic mass is 10.1. The van der Waals surface area contributed by atoms with E-state index in [9.17, 15) is 0 Å². The number of aryl methyl sites for hydroxylation is 1. The van der Waals surface area contributed by atoms with E-state index >= 15 is 0 Å². The van der Waals surface area contributed by atoms with E-state index in [0.717, 1.165) is 48.9 Å². The van der Waals surface area contributed by atoms with Crippen LogP contribution >= 0.6 is 11.6 Å². The Balaban J connectivity index is 1.59. The Morgan fingerprint density at radius 1 is 1.25 bits per heavy atom. The molecule has 0 radical (unpaired) electrons. The van der Waals surface area contributed by atoms with Crippen molar-refractivity contribution >= 4 is 11.6 Å². The molecule has 0 spiro atoms. The van der Waals surface area contributed by atoms with Gasteiger partial charge in [0.05, 0.1) is 6.10 Å². The summed E-state index contributed by atoms with van der Waals surface area (Å²) in [6.07, 6.45) is 2.63. The second kappa shape index (κ2) is 8.52. The summed E-state index contributed by atoms with van der Waals surface area (Å²) < 4.78 is 11.7. The first-order valence-electron chi connectivity index (χ1n) is 8.50. The van der Waals surface area contributed by atoms with Crippen molar-refractivity contribution in [3.05, 3.63) is 64.2 Å². The van der Waals surface area contributed by atoms with Crippen molar-refractivity contribution < 1.29 is 9.47 Å². The number of ether oxygens (including phenoxy) is 2. The number of hydrogen-bond donors (Lipinski definition) is 1. The van der Waals surface area contributed by atoms with E-state index in [-0.39, 0.29) is 0 Å². The van der Waals surface area contributed by atoms with Gasteiger partial charge in [-0.3, -0.25) is 0 Å². The Morgan fingerprint density at radius 3 is 2.96 bits per heavy atom. The molecule has 3 nitrogen and oxygen atoms in total.